The highest BCUT2D eigenvalue weighted by molar-refractivity contribution is 5.45. The molecule has 0 fully saturated rings. The van der Waals surface area contributed by atoms with Crippen molar-refractivity contribution in [3.8, 4) is 0 Å². The number of anilines is 1. The zero-order chi connectivity index (χ0) is 7.84. The molecule has 3 heteroatoms. The Morgan fingerprint density at radius 2 is 2.45 bits per heavy atom. The van der Waals surface area contributed by atoms with Gasteiger partial charge in [0.25, 0.3) is 0 Å². The maximum absolute atomic E-state index is 5.44. The van der Waals surface area contributed by atoms with Crippen LogP contribution in [-0.4, -0.2) is 18.1 Å². The van der Waals surface area contributed by atoms with Crippen molar-refractivity contribution in [2.24, 2.45) is 0 Å². The second-order valence-electron chi connectivity index (χ2n) is 2.81. The van der Waals surface area contributed by atoms with Crippen molar-refractivity contribution in [3.05, 3.63) is 11.6 Å². The Bertz CT molecular complexity index is 267. The number of hydrogen-bond acceptors (Lipinski definition) is 3. The molecule has 2 heterocycles. The van der Waals surface area contributed by atoms with Crippen molar-refractivity contribution in [1.82, 2.24) is 4.98 Å². The van der Waals surface area contributed by atoms with E-state index in [1.54, 1.807) is 0 Å². The predicted octanol–water partition coefficient (Wildman–Crippen LogP) is 1.37. The quantitative estimate of drug-likeness (QED) is 0.608. The summed E-state index contributed by atoms with van der Waals surface area (Å²) in [5.41, 5.74) is 1.13. The van der Waals surface area contributed by atoms with E-state index in [1.807, 2.05) is 6.92 Å². The summed E-state index contributed by atoms with van der Waals surface area (Å²) in [6.07, 6.45) is 1.04. The van der Waals surface area contributed by atoms with Crippen LogP contribution in [0.2, 0.25) is 0 Å². The van der Waals surface area contributed by atoms with Gasteiger partial charge in [-0.3, -0.25) is 0 Å². The lowest BCUT2D eigenvalue weighted by atomic mass is 10.4. The normalized spacial score (nSPS) is 15.6. The van der Waals surface area contributed by atoms with Gasteiger partial charge in [-0.1, -0.05) is 0 Å². The van der Waals surface area contributed by atoms with Gasteiger partial charge >= 0.3 is 0 Å². The Kier molecular flexibility index (Phi) is 1.37. The zero-order valence-corrected chi connectivity index (χ0v) is 6.92. The van der Waals surface area contributed by atoms with E-state index in [0.29, 0.717) is 0 Å². The second-order valence-corrected chi connectivity index (χ2v) is 2.81. The number of hydrogen-bond donors (Lipinski definition) is 0. The van der Waals surface area contributed by atoms with Crippen molar-refractivity contribution >= 4 is 5.88 Å². The summed E-state index contributed by atoms with van der Waals surface area (Å²) >= 11 is 0. The van der Waals surface area contributed by atoms with Crippen LogP contribution in [0.5, 0.6) is 0 Å². The summed E-state index contributed by atoms with van der Waals surface area (Å²) in [6, 6.07) is 0. The van der Waals surface area contributed by atoms with Crippen LogP contribution in [0.1, 0.15) is 18.5 Å². The molecule has 0 aliphatic carbocycles. The van der Waals surface area contributed by atoms with Crippen LogP contribution in [0, 0.1) is 6.92 Å². The van der Waals surface area contributed by atoms with E-state index in [9.17, 15) is 0 Å². The number of nitrogens with zero attached hydrogens (tertiary/aromatic N) is 2. The van der Waals surface area contributed by atoms with Crippen molar-refractivity contribution in [3.63, 3.8) is 0 Å². The smallest absolute Gasteiger partial charge is 0.219 e. The fraction of sp³-hybridized carbons (Fsp3) is 0.625. The van der Waals surface area contributed by atoms with E-state index in [4.69, 9.17) is 4.42 Å². The summed E-state index contributed by atoms with van der Waals surface area (Å²) in [6.45, 7) is 6.11. The molecule has 0 bridgehead atoms. The van der Waals surface area contributed by atoms with E-state index in [1.165, 1.54) is 0 Å². The highest BCUT2D eigenvalue weighted by Crippen LogP contribution is 2.27. The van der Waals surface area contributed by atoms with E-state index in [0.717, 1.165) is 37.0 Å². The minimum absolute atomic E-state index is 0.785. The Morgan fingerprint density at radius 3 is 3.18 bits per heavy atom. The lowest BCUT2D eigenvalue weighted by molar-refractivity contribution is 0.514. The Labute approximate surface area is 66.0 Å². The van der Waals surface area contributed by atoms with Gasteiger partial charge < -0.3 is 9.32 Å². The van der Waals surface area contributed by atoms with Crippen molar-refractivity contribution in [2.75, 3.05) is 18.0 Å². The van der Waals surface area contributed by atoms with E-state index >= 15 is 0 Å². The van der Waals surface area contributed by atoms with Gasteiger partial charge in [0.1, 0.15) is 5.69 Å². The number of aryl methyl sites for hydroxylation is 1. The first-order chi connectivity index (χ1) is 5.31. The summed E-state index contributed by atoms with van der Waals surface area (Å²) in [7, 11) is 0. The molecule has 0 N–H and O–H groups in total. The van der Waals surface area contributed by atoms with E-state index in [2.05, 4.69) is 16.8 Å². The lowest BCUT2D eigenvalue weighted by Gasteiger charge is -2.11. The molecule has 1 aromatic rings. The number of likely N-dealkylation sites (N-methyl/N-ethyl adjacent to an activating group) is 1. The predicted molar refractivity (Wildman–Crippen MR) is 42.8 cm³/mol. The zero-order valence-electron chi connectivity index (χ0n) is 6.92. The largest absolute Gasteiger partial charge is 0.425 e. The van der Waals surface area contributed by atoms with Gasteiger partial charge in [-0.15, -0.1) is 0 Å². The number of rotatable bonds is 1. The van der Waals surface area contributed by atoms with E-state index < -0.39 is 0 Å². The molecular formula is C8H12N2O. The van der Waals surface area contributed by atoms with Crippen molar-refractivity contribution in [1.29, 1.82) is 0 Å². The minimum atomic E-state index is 0.785. The third-order valence-electron chi connectivity index (χ3n) is 2.07. The van der Waals surface area contributed by atoms with Crippen LogP contribution >= 0.6 is 0 Å². The number of fused-ring (bicyclic) bond motifs is 1. The molecular weight excluding hydrogens is 140 g/mol. The first-order valence-electron chi connectivity index (χ1n) is 4.02. The molecule has 0 radical (unpaired) electrons. The highest BCUT2D eigenvalue weighted by Gasteiger charge is 2.23. The Balaban J connectivity index is 2.37. The van der Waals surface area contributed by atoms with Gasteiger partial charge in [0.05, 0.1) is 0 Å². The van der Waals surface area contributed by atoms with Crippen LogP contribution < -0.4 is 4.90 Å². The maximum Gasteiger partial charge on any atom is 0.219 e. The fourth-order valence-corrected chi connectivity index (χ4v) is 1.51. The maximum atomic E-state index is 5.44. The molecule has 1 aliphatic heterocycles. The summed E-state index contributed by atoms with van der Waals surface area (Å²) in [5.74, 6) is 1.78. The van der Waals surface area contributed by atoms with Gasteiger partial charge in [-0.2, -0.15) is 0 Å². The molecule has 11 heavy (non-hydrogen) atoms. The minimum Gasteiger partial charge on any atom is -0.425 e. The van der Waals surface area contributed by atoms with Crippen LogP contribution in [-0.2, 0) is 6.42 Å². The molecule has 0 saturated heterocycles. The molecule has 60 valence electrons. The SMILES string of the molecule is CCN1CCc2nc(C)oc21. The van der Waals surface area contributed by atoms with Crippen LogP contribution in [0.15, 0.2) is 4.42 Å². The molecule has 0 aromatic carbocycles. The molecule has 1 aliphatic rings. The van der Waals surface area contributed by atoms with Crippen LogP contribution in [0.4, 0.5) is 5.88 Å². The standard InChI is InChI=1S/C8H12N2O/c1-3-10-5-4-7-8(10)11-6(2)9-7/h3-5H2,1-2H3. The lowest BCUT2D eigenvalue weighted by Crippen LogP contribution is -2.18. The first-order valence-corrected chi connectivity index (χ1v) is 4.02. The van der Waals surface area contributed by atoms with Gasteiger partial charge in [0, 0.05) is 26.4 Å². The summed E-state index contributed by atoms with van der Waals surface area (Å²) in [5, 5.41) is 0. The van der Waals surface area contributed by atoms with Gasteiger partial charge in [0.15, 0.2) is 5.89 Å². The Morgan fingerprint density at radius 1 is 1.64 bits per heavy atom. The molecule has 0 amide bonds. The topological polar surface area (TPSA) is 29.3 Å². The molecule has 0 spiro atoms. The monoisotopic (exact) mass is 152 g/mol. The summed E-state index contributed by atoms with van der Waals surface area (Å²) < 4.78 is 5.44. The summed E-state index contributed by atoms with van der Waals surface area (Å²) in [4.78, 5) is 6.50. The number of aromatic nitrogens is 1. The van der Waals surface area contributed by atoms with Crippen LogP contribution in [0.25, 0.3) is 0 Å². The average Bonchev–Trinajstić information content (AvgIpc) is 2.45. The highest BCUT2D eigenvalue weighted by atomic mass is 16.4. The van der Waals surface area contributed by atoms with Crippen LogP contribution in [0.3, 0.4) is 0 Å². The second kappa shape index (κ2) is 2.26. The van der Waals surface area contributed by atoms with E-state index in [-0.39, 0.29) is 0 Å². The van der Waals surface area contributed by atoms with Gasteiger partial charge in [-0.25, -0.2) is 4.98 Å². The molecule has 2 rings (SSSR count). The van der Waals surface area contributed by atoms with Crippen molar-refractivity contribution < 1.29 is 4.42 Å². The molecule has 0 atom stereocenters. The third-order valence-corrected chi connectivity index (χ3v) is 2.07. The fourth-order valence-electron chi connectivity index (χ4n) is 1.51. The molecule has 3 nitrogen and oxygen atoms in total. The number of oxazole rings is 1. The molecule has 1 aromatic heterocycles. The first kappa shape index (κ1) is 6.70. The molecule has 0 saturated carbocycles. The third kappa shape index (κ3) is 0.914. The van der Waals surface area contributed by atoms with Gasteiger partial charge in [0.2, 0.25) is 5.88 Å². The van der Waals surface area contributed by atoms with Gasteiger partial charge in [-0.05, 0) is 6.92 Å². The Hall–Kier alpha value is -0.990. The molecule has 0 unspecified atom stereocenters. The average molecular weight is 152 g/mol. The van der Waals surface area contributed by atoms with Crippen molar-refractivity contribution in [2.45, 2.75) is 20.3 Å².